The topological polar surface area (TPSA) is 165 Å². The van der Waals surface area contributed by atoms with Crippen molar-refractivity contribution in [1.29, 1.82) is 0 Å². The number of azide groups is 1. The summed E-state index contributed by atoms with van der Waals surface area (Å²) in [5, 5.41) is 3.62. The van der Waals surface area contributed by atoms with E-state index in [2.05, 4.69) is 10.0 Å². The maximum absolute atomic E-state index is 11.7. The Hall–Kier alpha value is -2.15. The fourth-order valence-corrected chi connectivity index (χ4v) is 2.91. The Morgan fingerprint density at radius 3 is 2.09 bits per heavy atom. The van der Waals surface area contributed by atoms with Crippen LogP contribution in [-0.4, -0.2) is 94.1 Å². The van der Waals surface area contributed by atoms with Crippen LogP contribution in [-0.2, 0) is 47.5 Å². The lowest BCUT2D eigenvalue weighted by molar-refractivity contribution is -0.275. The van der Waals surface area contributed by atoms with Crippen LogP contribution in [0, 0.1) is 0 Å². The van der Waals surface area contributed by atoms with Gasteiger partial charge in [0.15, 0.2) is 18.5 Å². The first-order chi connectivity index (χ1) is 15.3. The summed E-state index contributed by atoms with van der Waals surface area (Å²) in [6.07, 6.45) is -4.69. The third-order valence-corrected chi connectivity index (χ3v) is 4.11. The standard InChI is InChI=1S/C18H28ClN3O10/c1-11(23)29-10-14-16(30-12(2)24)17(31-13(3)25)15(21-22-20)18(32-14)28-9-8-27-7-6-26-5-4-19/h14-18H,4-10H2,1-3H3/t14?,15?,16-,17?,18-/m0/s1. The van der Waals surface area contributed by atoms with E-state index < -0.39 is 48.6 Å². The zero-order chi connectivity index (χ0) is 23.9. The molecule has 0 aromatic carbocycles. The molecule has 1 rings (SSSR count). The average Bonchev–Trinajstić information content (AvgIpc) is 2.71. The molecular formula is C18H28ClN3O10. The van der Waals surface area contributed by atoms with Crippen LogP contribution in [0.4, 0.5) is 0 Å². The summed E-state index contributed by atoms with van der Waals surface area (Å²) in [5.41, 5.74) is 8.99. The van der Waals surface area contributed by atoms with E-state index in [0.29, 0.717) is 25.7 Å². The number of hydrogen-bond acceptors (Lipinski definition) is 11. The Kier molecular flexibility index (Phi) is 13.6. The predicted octanol–water partition coefficient (Wildman–Crippen LogP) is 1.11. The maximum Gasteiger partial charge on any atom is 0.303 e. The van der Waals surface area contributed by atoms with Crippen molar-refractivity contribution in [2.75, 3.05) is 45.5 Å². The Morgan fingerprint density at radius 1 is 0.938 bits per heavy atom. The SMILES string of the molecule is CC(=O)OCC1O[C@H](OCCOCCOCCCl)C(N=[N+]=[N-])C(OC(C)=O)[C@H]1OC(C)=O. The van der Waals surface area contributed by atoms with E-state index in [1.165, 1.54) is 6.92 Å². The molecule has 5 atom stereocenters. The second-order valence-electron chi connectivity index (χ2n) is 6.47. The van der Waals surface area contributed by atoms with Crippen LogP contribution in [0.3, 0.4) is 0 Å². The van der Waals surface area contributed by atoms with Crippen LogP contribution in [0.15, 0.2) is 5.11 Å². The second kappa shape index (κ2) is 15.6. The highest BCUT2D eigenvalue weighted by atomic mass is 35.5. The van der Waals surface area contributed by atoms with Gasteiger partial charge in [0.2, 0.25) is 0 Å². The van der Waals surface area contributed by atoms with Crippen molar-refractivity contribution >= 4 is 29.5 Å². The van der Waals surface area contributed by atoms with Gasteiger partial charge in [0.05, 0.1) is 33.0 Å². The molecule has 14 heteroatoms. The van der Waals surface area contributed by atoms with Crippen molar-refractivity contribution in [2.24, 2.45) is 5.11 Å². The minimum absolute atomic E-state index is 0.0307. The molecular weight excluding hydrogens is 454 g/mol. The van der Waals surface area contributed by atoms with Crippen LogP contribution >= 0.6 is 11.6 Å². The zero-order valence-electron chi connectivity index (χ0n) is 18.1. The van der Waals surface area contributed by atoms with Gasteiger partial charge in [0.1, 0.15) is 18.8 Å². The summed E-state index contributed by atoms with van der Waals surface area (Å²) in [7, 11) is 0. The lowest BCUT2D eigenvalue weighted by Gasteiger charge is -2.43. The molecule has 1 aliphatic rings. The summed E-state index contributed by atoms with van der Waals surface area (Å²) in [6.45, 7) is 4.44. The summed E-state index contributed by atoms with van der Waals surface area (Å²) in [4.78, 5) is 37.3. The fraction of sp³-hybridized carbons (Fsp3) is 0.833. The van der Waals surface area contributed by atoms with Crippen molar-refractivity contribution in [3.8, 4) is 0 Å². The van der Waals surface area contributed by atoms with Crippen LogP contribution < -0.4 is 0 Å². The summed E-state index contributed by atoms with van der Waals surface area (Å²) in [6, 6.07) is -1.19. The van der Waals surface area contributed by atoms with E-state index in [4.69, 9.17) is 50.3 Å². The molecule has 13 nitrogen and oxygen atoms in total. The summed E-state index contributed by atoms with van der Waals surface area (Å²) in [5.74, 6) is -1.63. The minimum Gasteiger partial charge on any atom is -0.463 e. The average molecular weight is 482 g/mol. The number of ether oxygens (including phenoxy) is 7. The van der Waals surface area contributed by atoms with Gasteiger partial charge in [0, 0.05) is 31.6 Å². The van der Waals surface area contributed by atoms with Crippen molar-refractivity contribution in [3.05, 3.63) is 10.4 Å². The molecule has 1 fully saturated rings. The molecule has 32 heavy (non-hydrogen) atoms. The molecule has 0 radical (unpaired) electrons. The van der Waals surface area contributed by atoms with Crippen molar-refractivity contribution < 1.29 is 47.5 Å². The van der Waals surface area contributed by atoms with Gasteiger partial charge in [-0.25, -0.2) is 0 Å². The van der Waals surface area contributed by atoms with Gasteiger partial charge in [-0.15, -0.1) is 11.6 Å². The van der Waals surface area contributed by atoms with E-state index >= 15 is 0 Å². The highest BCUT2D eigenvalue weighted by Crippen LogP contribution is 2.29. The van der Waals surface area contributed by atoms with Crippen LogP contribution in [0.1, 0.15) is 20.8 Å². The lowest BCUT2D eigenvalue weighted by Crippen LogP contribution is -2.61. The molecule has 182 valence electrons. The van der Waals surface area contributed by atoms with Crippen LogP contribution in [0.25, 0.3) is 10.4 Å². The monoisotopic (exact) mass is 481 g/mol. The van der Waals surface area contributed by atoms with Gasteiger partial charge >= 0.3 is 17.9 Å². The van der Waals surface area contributed by atoms with Gasteiger partial charge in [0.25, 0.3) is 0 Å². The Bertz CT molecular complexity index is 661. The second-order valence-corrected chi connectivity index (χ2v) is 6.85. The number of carbonyl (C=O) groups is 3. The molecule has 0 spiro atoms. The molecule has 3 unspecified atom stereocenters. The summed E-state index contributed by atoms with van der Waals surface area (Å²) < 4.78 is 37.4. The van der Waals surface area contributed by atoms with E-state index in [1.54, 1.807) is 0 Å². The van der Waals surface area contributed by atoms with Crippen molar-refractivity contribution in [1.82, 2.24) is 0 Å². The molecule has 0 amide bonds. The quantitative estimate of drug-likeness (QED) is 0.0666. The van der Waals surface area contributed by atoms with Gasteiger partial charge < -0.3 is 33.2 Å². The van der Waals surface area contributed by atoms with E-state index in [1.807, 2.05) is 0 Å². The molecule has 1 heterocycles. The van der Waals surface area contributed by atoms with E-state index in [9.17, 15) is 14.4 Å². The Morgan fingerprint density at radius 2 is 1.53 bits per heavy atom. The van der Waals surface area contributed by atoms with Crippen molar-refractivity contribution in [2.45, 2.75) is 51.4 Å². The maximum atomic E-state index is 11.7. The van der Waals surface area contributed by atoms with E-state index in [0.717, 1.165) is 13.8 Å². The number of rotatable bonds is 14. The normalized spacial score (nSPS) is 24.8. The third-order valence-electron chi connectivity index (χ3n) is 3.96. The highest BCUT2D eigenvalue weighted by molar-refractivity contribution is 6.17. The van der Waals surface area contributed by atoms with Crippen LogP contribution in [0.2, 0.25) is 0 Å². The molecule has 0 N–H and O–H groups in total. The molecule has 1 aliphatic heterocycles. The summed E-state index contributed by atoms with van der Waals surface area (Å²) >= 11 is 5.50. The molecule has 0 aliphatic carbocycles. The molecule has 0 saturated carbocycles. The van der Waals surface area contributed by atoms with E-state index in [-0.39, 0.29) is 19.8 Å². The molecule has 0 aromatic heterocycles. The first kappa shape index (κ1) is 27.9. The fourth-order valence-electron chi connectivity index (χ4n) is 2.80. The Balaban J connectivity index is 2.90. The molecule has 0 aromatic rings. The van der Waals surface area contributed by atoms with Crippen molar-refractivity contribution in [3.63, 3.8) is 0 Å². The van der Waals surface area contributed by atoms with Gasteiger partial charge in [-0.2, -0.15) is 0 Å². The van der Waals surface area contributed by atoms with Gasteiger partial charge in [-0.3, -0.25) is 14.4 Å². The highest BCUT2D eigenvalue weighted by Gasteiger charge is 2.50. The number of carbonyl (C=O) groups excluding carboxylic acids is 3. The Labute approximate surface area is 190 Å². The number of alkyl halides is 1. The zero-order valence-corrected chi connectivity index (χ0v) is 18.9. The predicted molar refractivity (Wildman–Crippen MR) is 108 cm³/mol. The lowest BCUT2D eigenvalue weighted by atomic mass is 9.97. The third kappa shape index (κ3) is 10.4. The number of nitrogens with zero attached hydrogens (tertiary/aromatic N) is 3. The van der Waals surface area contributed by atoms with Gasteiger partial charge in [-0.05, 0) is 5.53 Å². The number of esters is 3. The smallest absolute Gasteiger partial charge is 0.303 e. The van der Waals surface area contributed by atoms with Gasteiger partial charge in [-0.1, -0.05) is 5.11 Å². The molecule has 1 saturated heterocycles. The number of halogens is 1. The largest absolute Gasteiger partial charge is 0.463 e. The first-order valence-electron chi connectivity index (χ1n) is 9.80. The minimum atomic E-state index is -1.24. The number of hydrogen-bond donors (Lipinski definition) is 0. The van der Waals surface area contributed by atoms with Crippen LogP contribution in [0.5, 0.6) is 0 Å². The molecule has 0 bridgehead atoms. The first-order valence-corrected chi connectivity index (χ1v) is 10.3.